The first-order chi connectivity index (χ1) is 7.47. The van der Waals surface area contributed by atoms with Crippen LogP contribution in [0.1, 0.15) is 10.4 Å². The van der Waals surface area contributed by atoms with Crippen molar-refractivity contribution in [1.82, 2.24) is 5.06 Å². The highest BCUT2D eigenvalue weighted by atomic mass is 35.5. The largest absolute Gasteiger partial charge is 0.494 e. The van der Waals surface area contributed by atoms with E-state index in [2.05, 4.69) is 0 Å². The number of ether oxygens (including phenoxy) is 1. The molecule has 1 aromatic carbocycles. The molecule has 88 valence electrons. The lowest BCUT2D eigenvalue weighted by Crippen LogP contribution is -2.19. The number of hydrogen-bond acceptors (Lipinski definition) is 4. The van der Waals surface area contributed by atoms with Gasteiger partial charge in [-0.2, -0.15) is 0 Å². The van der Waals surface area contributed by atoms with Crippen molar-refractivity contribution < 1.29 is 14.4 Å². The van der Waals surface area contributed by atoms with E-state index in [0.29, 0.717) is 5.02 Å². The van der Waals surface area contributed by atoms with Crippen molar-refractivity contribution in [3.63, 3.8) is 0 Å². The Labute approximate surface area is 104 Å². The summed E-state index contributed by atoms with van der Waals surface area (Å²) < 4.78 is 5.02. The van der Waals surface area contributed by atoms with Gasteiger partial charge in [0.25, 0.3) is 0 Å². The fourth-order valence-electron chi connectivity index (χ4n) is 1.13. The monoisotopic (exact) mass is 263 g/mol. The molecule has 0 saturated heterocycles. The van der Waals surface area contributed by atoms with E-state index in [-0.39, 0.29) is 16.3 Å². The number of rotatable bonds is 3. The van der Waals surface area contributed by atoms with Crippen LogP contribution < -0.4 is 4.74 Å². The molecular formula is C10H11Cl2NO3. The van der Waals surface area contributed by atoms with Crippen LogP contribution in [0.3, 0.4) is 0 Å². The molecule has 0 saturated carbocycles. The van der Waals surface area contributed by atoms with E-state index in [1.54, 1.807) is 20.2 Å². The standard InChI is InChI=1S/C10H11Cl2NO3/c1-13(2)16-10(14)8-6(11)4-5-7(12)9(8)15-3/h4-5H,1-3H3. The second kappa shape index (κ2) is 5.39. The van der Waals surface area contributed by atoms with E-state index in [9.17, 15) is 4.79 Å². The number of hydroxylamine groups is 2. The number of nitrogens with zero attached hydrogens (tertiary/aromatic N) is 1. The van der Waals surface area contributed by atoms with Crippen LogP contribution in [0.4, 0.5) is 0 Å². The Morgan fingerprint density at radius 3 is 2.31 bits per heavy atom. The smallest absolute Gasteiger partial charge is 0.362 e. The summed E-state index contributed by atoms with van der Waals surface area (Å²) in [5.41, 5.74) is 0.116. The zero-order valence-electron chi connectivity index (χ0n) is 9.08. The van der Waals surface area contributed by atoms with Gasteiger partial charge < -0.3 is 9.57 Å². The van der Waals surface area contributed by atoms with Crippen molar-refractivity contribution in [2.24, 2.45) is 0 Å². The Hall–Kier alpha value is -0.970. The average molecular weight is 264 g/mol. The van der Waals surface area contributed by atoms with Crippen molar-refractivity contribution in [3.05, 3.63) is 27.7 Å². The van der Waals surface area contributed by atoms with Gasteiger partial charge in [0.1, 0.15) is 5.56 Å². The third kappa shape index (κ3) is 2.78. The summed E-state index contributed by atoms with van der Waals surface area (Å²) in [6, 6.07) is 3.06. The summed E-state index contributed by atoms with van der Waals surface area (Å²) in [5, 5.41) is 1.80. The van der Waals surface area contributed by atoms with Crippen LogP contribution in [-0.2, 0) is 4.84 Å². The van der Waals surface area contributed by atoms with Crippen LogP contribution in [0.15, 0.2) is 12.1 Å². The number of methoxy groups -OCH3 is 1. The van der Waals surface area contributed by atoms with Crippen molar-refractivity contribution in [2.75, 3.05) is 21.2 Å². The first-order valence-electron chi connectivity index (χ1n) is 4.39. The summed E-state index contributed by atoms with van der Waals surface area (Å²) in [6.45, 7) is 0. The molecule has 0 fully saturated rings. The minimum Gasteiger partial charge on any atom is -0.494 e. The molecular weight excluding hydrogens is 253 g/mol. The minimum absolute atomic E-state index is 0.116. The summed E-state index contributed by atoms with van der Waals surface area (Å²) in [7, 11) is 4.58. The van der Waals surface area contributed by atoms with E-state index >= 15 is 0 Å². The lowest BCUT2D eigenvalue weighted by atomic mass is 10.2. The molecule has 0 unspecified atom stereocenters. The number of benzene rings is 1. The predicted molar refractivity (Wildman–Crippen MR) is 62.1 cm³/mol. The maximum absolute atomic E-state index is 11.7. The second-order valence-corrected chi connectivity index (χ2v) is 3.94. The molecule has 0 atom stereocenters. The molecule has 0 amide bonds. The van der Waals surface area contributed by atoms with Gasteiger partial charge in [-0.1, -0.05) is 23.2 Å². The molecule has 0 radical (unpaired) electrons. The minimum atomic E-state index is -0.616. The predicted octanol–water partition coefficient (Wildman–Crippen LogP) is 2.64. The molecule has 0 heterocycles. The Morgan fingerprint density at radius 1 is 1.25 bits per heavy atom. The van der Waals surface area contributed by atoms with Gasteiger partial charge >= 0.3 is 5.97 Å². The van der Waals surface area contributed by atoms with Gasteiger partial charge in [-0.25, -0.2) is 4.79 Å². The van der Waals surface area contributed by atoms with Crippen LogP contribution >= 0.6 is 23.2 Å². The second-order valence-electron chi connectivity index (χ2n) is 3.13. The van der Waals surface area contributed by atoms with Gasteiger partial charge in [0.05, 0.1) is 17.2 Å². The van der Waals surface area contributed by atoms with Gasteiger partial charge in [-0.05, 0) is 12.1 Å². The zero-order chi connectivity index (χ0) is 12.3. The van der Waals surface area contributed by atoms with E-state index in [4.69, 9.17) is 32.8 Å². The number of halogens is 2. The molecule has 1 aromatic rings. The molecule has 0 aromatic heterocycles. The van der Waals surface area contributed by atoms with Crippen molar-refractivity contribution in [2.45, 2.75) is 0 Å². The van der Waals surface area contributed by atoms with Gasteiger partial charge in [0, 0.05) is 14.1 Å². The molecule has 16 heavy (non-hydrogen) atoms. The van der Waals surface area contributed by atoms with E-state index in [1.807, 2.05) is 0 Å². The Balaban J connectivity index is 3.20. The van der Waals surface area contributed by atoms with Crippen LogP contribution in [0.25, 0.3) is 0 Å². The summed E-state index contributed by atoms with van der Waals surface area (Å²) >= 11 is 11.8. The fourth-order valence-corrected chi connectivity index (χ4v) is 1.60. The lowest BCUT2D eigenvalue weighted by Gasteiger charge is -2.14. The quantitative estimate of drug-likeness (QED) is 0.787. The van der Waals surface area contributed by atoms with Crippen LogP contribution in [0.5, 0.6) is 5.75 Å². The maximum Gasteiger partial charge on any atom is 0.362 e. The molecule has 4 nitrogen and oxygen atoms in total. The molecule has 0 bridgehead atoms. The number of carbonyl (C=O) groups excluding carboxylic acids is 1. The zero-order valence-corrected chi connectivity index (χ0v) is 10.6. The molecule has 0 aliphatic rings. The molecule has 1 rings (SSSR count). The van der Waals surface area contributed by atoms with E-state index in [1.165, 1.54) is 18.2 Å². The van der Waals surface area contributed by atoms with Gasteiger partial charge in [0.2, 0.25) is 0 Å². The van der Waals surface area contributed by atoms with Crippen LogP contribution in [0, 0.1) is 0 Å². The maximum atomic E-state index is 11.7. The highest BCUT2D eigenvalue weighted by molar-refractivity contribution is 6.37. The fraction of sp³-hybridized carbons (Fsp3) is 0.300. The van der Waals surface area contributed by atoms with Crippen molar-refractivity contribution in [3.8, 4) is 5.75 Å². The summed E-state index contributed by atoms with van der Waals surface area (Å²) in [5.74, 6) is -0.407. The first kappa shape index (κ1) is 13.1. The molecule has 0 aliphatic carbocycles. The highest BCUT2D eigenvalue weighted by Gasteiger charge is 2.21. The van der Waals surface area contributed by atoms with Gasteiger partial charge in [0.15, 0.2) is 5.75 Å². The molecule has 0 N–H and O–H groups in total. The third-order valence-corrected chi connectivity index (χ3v) is 2.35. The van der Waals surface area contributed by atoms with Crippen LogP contribution in [0.2, 0.25) is 10.0 Å². The van der Waals surface area contributed by atoms with Gasteiger partial charge in [-0.15, -0.1) is 5.06 Å². The Morgan fingerprint density at radius 2 is 1.81 bits per heavy atom. The first-order valence-corrected chi connectivity index (χ1v) is 5.14. The SMILES string of the molecule is COc1c(Cl)ccc(Cl)c1C(=O)ON(C)C. The molecule has 0 spiro atoms. The topological polar surface area (TPSA) is 38.8 Å². The van der Waals surface area contributed by atoms with Crippen LogP contribution in [-0.4, -0.2) is 32.2 Å². The van der Waals surface area contributed by atoms with E-state index in [0.717, 1.165) is 0 Å². The molecule has 6 heteroatoms. The number of carbonyl (C=O) groups is 1. The Kier molecular flexibility index (Phi) is 4.41. The average Bonchev–Trinajstić information content (AvgIpc) is 2.19. The van der Waals surface area contributed by atoms with Crippen molar-refractivity contribution >= 4 is 29.2 Å². The third-order valence-electron chi connectivity index (χ3n) is 1.73. The lowest BCUT2D eigenvalue weighted by molar-refractivity contribution is -0.0715. The van der Waals surface area contributed by atoms with Crippen molar-refractivity contribution in [1.29, 1.82) is 0 Å². The van der Waals surface area contributed by atoms with Gasteiger partial charge in [-0.3, -0.25) is 0 Å². The highest BCUT2D eigenvalue weighted by Crippen LogP contribution is 2.34. The molecule has 0 aliphatic heterocycles. The van der Waals surface area contributed by atoms with E-state index < -0.39 is 5.97 Å². The number of hydrogen-bond donors (Lipinski definition) is 0. The summed E-state index contributed by atoms with van der Waals surface area (Å²) in [4.78, 5) is 16.6. The summed E-state index contributed by atoms with van der Waals surface area (Å²) in [6.07, 6.45) is 0. The normalized spacial score (nSPS) is 10.4. The Bertz CT molecular complexity index is 407.